The maximum Gasteiger partial charge on any atom is 0.328 e. The molecule has 0 aromatic heterocycles. The van der Waals surface area contributed by atoms with Gasteiger partial charge in [-0.15, -0.1) is 0 Å². The molecule has 1 atom stereocenters. The van der Waals surface area contributed by atoms with E-state index in [-0.39, 0.29) is 10.6 Å². The molecule has 25 heavy (non-hydrogen) atoms. The van der Waals surface area contributed by atoms with Crippen molar-refractivity contribution in [3.8, 4) is 0 Å². The van der Waals surface area contributed by atoms with Gasteiger partial charge in [0, 0.05) is 18.6 Å². The average Bonchev–Trinajstić information content (AvgIpc) is 2.51. The molecule has 5 nitrogen and oxygen atoms in total. The minimum atomic E-state index is -1.94. The smallest absolute Gasteiger partial charge is 0.328 e. The SMILES string of the molecule is COC(=O)[C@H](CCO[Si](C)(C)C(C)(C)C)NC(=O)c1cccc(F)c1. The fraction of sp³-hybridized carbons (Fsp3) is 0.556. The number of carbonyl (C=O) groups excluding carboxylic acids is 2. The van der Waals surface area contributed by atoms with Gasteiger partial charge in [-0.05, 0) is 36.3 Å². The van der Waals surface area contributed by atoms with E-state index in [0.29, 0.717) is 13.0 Å². The van der Waals surface area contributed by atoms with Crippen LogP contribution < -0.4 is 5.32 Å². The molecule has 1 rings (SSSR count). The van der Waals surface area contributed by atoms with Crippen molar-refractivity contribution in [2.75, 3.05) is 13.7 Å². The lowest BCUT2D eigenvalue weighted by atomic mass is 10.1. The first-order valence-corrected chi connectivity index (χ1v) is 11.2. The molecule has 0 radical (unpaired) electrons. The summed E-state index contributed by atoms with van der Waals surface area (Å²) in [5.74, 6) is -1.59. The largest absolute Gasteiger partial charge is 0.467 e. The van der Waals surface area contributed by atoms with Gasteiger partial charge < -0.3 is 14.5 Å². The summed E-state index contributed by atoms with van der Waals surface area (Å²) in [4.78, 5) is 24.2. The van der Waals surface area contributed by atoms with E-state index in [9.17, 15) is 14.0 Å². The summed E-state index contributed by atoms with van der Waals surface area (Å²) in [5.41, 5.74) is 0.152. The predicted octanol–water partition coefficient (Wildman–Crippen LogP) is 3.51. The molecule has 0 aliphatic rings. The summed E-state index contributed by atoms with van der Waals surface area (Å²) < 4.78 is 24.0. The van der Waals surface area contributed by atoms with Crippen LogP contribution in [0.5, 0.6) is 0 Å². The third-order valence-electron chi connectivity index (χ3n) is 4.55. The van der Waals surface area contributed by atoms with E-state index in [4.69, 9.17) is 9.16 Å². The molecule has 1 N–H and O–H groups in total. The number of methoxy groups -OCH3 is 1. The molecule has 0 spiro atoms. The lowest BCUT2D eigenvalue weighted by Crippen LogP contribution is -2.45. The van der Waals surface area contributed by atoms with Gasteiger partial charge in [0.15, 0.2) is 8.32 Å². The number of amides is 1. The standard InChI is InChI=1S/C18H28FNO4Si/c1-18(2,3)25(5,6)24-11-10-15(17(22)23-4)20-16(21)13-8-7-9-14(19)12-13/h7-9,12,15H,10-11H2,1-6H3,(H,20,21)/t15-/m0/s1. The summed E-state index contributed by atoms with van der Waals surface area (Å²) >= 11 is 0. The van der Waals surface area contributed by atoms with Crippen molar-refractivity contribution in [1.82, 2.24) is 5.32 Å². The average molecular weight is 370 g/mol. The number of carbonyl (C=O) groups is 2. The Labute approximate surface area is 150 Å². The Hall–Kier alpha value is -1.73. The third-order valence-corrected chi connectivity index (χ3v) is 9.09. The second-order valence-corrected chi connectivity index (χ2v) is 12.3. The highest BCUT2D eigenvalue weighted by Gasteiger charge is 2.37. The topological polar surface area (TPSA) is 64.6 Å². The van der Waals surface area contributed by atoms with E-state index < -0.39 is 32.1 Å². The highest BCUT2D eigenvalue weighted by molar-refractivity contribution is 6.74. The van der Waals surface area contributed by atoms with E-state index in [1.54, 1.807) is 0 Å². The lowest BCUT2D eigenvalue weighted by molar-refractivity contribution is -0.143. The van der Waals surface area contributed by atoms with Crippen molar-refractivity contribution in [2.24, 2.45) is 0 Å². The van der Waals surface area contributed by atoms with Gasteiger partial charge in [-0.2, -0.15) is 0 Å². The molecular formula is C18H28FNO4Si. The van der Waals surface area contributed by atoms with Crippen molar-refractivity contribution >= 4 is 20.2 Å². The molecule has 0 fully saturated rings. The zero-order valence-corrected chi connectivity index (χ0v) is 16.8. The molecule has 1 aromatic rings. The van der Waals surface area contributed by atoms with Crippen molar-refractivity contribution in [3.63, 3.8) is 0 Å². The maximum atomic E-state index is 13.2. The first kappa shape index (κ1) is 21.3. The zero-order chi connectivity index (χ0) is 19.3. The second-order valence-electron chi connectivity index (χ2n) is 7.46. The van der Waals surface area contributed by atoms with Crippen molar-refractivity contribution in [1.29, 1.82) is 0 Å². The minimum Gasteiger partial charge on any atom is -0.467 e. The van der Waals surface area contributed by atoms with E-state index in [0.717, 1.165) is 6.07 Å². The zero-order valence-electron chi connectivity index (χ0n) is 15.8. The van der Waals surface area contributed by atoms with Crippen LogP contribution in [0.2, 0.25) is 18.1 Å². The van der Waals surface area contributed by atoms with Crippen LogP contribution in [-0.4, -0.2) is 40.0 Å². The van der Waals surface area contributed by atoms with E-state index in [1.165, 1.54) is 25.3 Å². The van der Waals surface area contributed by atoms with Crippen molar-refractivity contribution < 1.29 is 23.1 Å². The number of ether oxygens (including phenoxy) is 1. The Balaban J connectivity index is 2.72. The van der Waals surface area contributed by atoms with Crippen LogP contribution in [0.1, 0.15) is 37.6 Å². The first-order chi connectivity index (χ1) is 11.5. The van der Waals surface area contributed by atoms with Gasteiger partial charge in [0.25, 0.3) is 5.91 Å². The van der Waals surface area contributed by atoms with E-state index in [1.807, 2.05) is 0 Å². The molecule has 0 saturated carbocycles. The van der Waals surface area contributed by atoms with Crippen molar-refractivity contribution in [2.45, 2.75) is 51.4 Å². The molecule has 7 heteroatoms. The number of rotatable bonds is 7. The molecule has 0 bridgehead atoms. The van der Waals surface area contributed by atoms with Crippen LogP contribution in [0.3, 0.4) is 0 Å². The Morgan fingerprint density at radius 1 is 1.28 bits per heavy atom. The number of hydrogen-bond acceptors (Lipinski definition) is 4. The first-order valence-electron chi connectivity index (χ1n) is 8.26. The molecule has 1 aromatic carbocycles. The molecule has 0 aliphatic carbocycles. The van der Waals surface area contributed by atoms with Crippen LogP contribution in [0.25, 0.3) is 0 Å². The normalized spacial score (nSPS) is 13.2. The lowest BCUT2D eigenvalue weighted by Gasteiger charge is -2.36. The predicted molar refractivity (Wildman–Crippen MR) is 97.4 cm³/mol. The van der Waals surface area contributed by atoms with E-state index in [2.05, 4.69) is 39.2 Å². The summed E-state index contributed by atoms with van der Waals surface area (Å²) in [5, 5.41) is 2.65. The van der Waals surface area contributed by atoms with Gasteiger partial charge in [-0.1, -0.05) is 26.8 Å². The molecular weight excluding hydrogens is 341 g/mol. The highest BCUT2D eigenvalue weighted by Crippen LogP contribution is 2.36. The fourth-order valence-electron chi connectivity index (χ4n) is 1.91. The molecule has 1 amide bonds. The van der Waals surface area contributed by atoms with Crippen LogP contribution in [0.15, 0.2) is 24.3 Å². The summed E-state index contributed by atoms with van der Waals surface area (Å²) in [7, 11) is -0.680. The minimum absolute atomic E-state index is 0.0541. The monoisotopic (exact) mass is 369 g/mol. The quantitative estimate of drug-likeness (QED) is 0.590. The fourth-order valence-corrected chi connectivity index (χ4v) is 2.97. The highest BCUT2D eigenvalue weighted by atomic mass is 28.4. The van der Waals surface area contributed by atoms with Crippen LogP contribution >= 0.6 is 0 Å². The van der Waals surface area contributed by atoms with Gasteiger partial charge >= 0.3 is 5.97 Å². The Morgan fingerprint density at radius 2 is 1.92 bits per heavy atom. The van der Waals surface area contributed by atoms with Gasteiger partial charge in [0.2, 0.25) is 0 Å². The summed E-state index contributed by atoms with van der Waals surface area (Å²) in [6.07, 6.45) is 0.292. The Bertz CT molecular complexity index is 613. The molecule has 0 heterocycles. The number of halogens is 1. The Kier molecular flexibility index (Phi) is 7.31. The third kappa shape index (κ3) is 6.25. The van der Waals surface area contributed by atoms with Crippen LogP contribution in [0.4, 0.5) is 4.39 Å². The molecule has 140 valence electrons. The van der Waals surface area contributed by atoms with Crippen molar-refractivity contribution in [3.05, 3.63) is 35.6 Å². The summed E-state index contributed by atoms with van der Waals surface area (Å²) in [6.45, 7) is 10.9. The second kappa shape index (κ2) is 8.58. The summed E-state index contributed by atoms with van der Waals surface area (Å²) in [6, 6.07) is 4.46. The van der Waals surface area contributed by atoms with Gasteiger partial charge in [-0.25, -0.2) is 9.18 Å². The van der Waals surface area contributed by atoms with Crippen LogP contribution in [-0.2, 0) is 14.0 Å². The number of esters is 1. The van der Waals surface area contributed by atoms with Gasteiger partial charge in [0.05, 0.1) is 7.11 Å². The van der Waals surface area contributed by atoms with E-state index >= 15 is 0 Å². The number of hydrogen-bond donors (Lipinski definition) is 1. The Morgan fingerprint density at radius 3 is 2.44 bits per heavy atom. The maximum absolute atomic E-state index is 13.2. The number of nitrogens with one attached hydrogen (secondary N) is 1. The number of benzene rings is 1. The van der Waals surface area contributed by atoms with Gasteiger partial charge in [0.1, 0.15) is 11.9 Å². The molecule has 0 saturated heterocycles. The van der Waals surface area contributed by atoms with Crippen LogP contribution in [0, 0.1) is 5.82 Å². The molecule has 0 aliphatic heterocycles. The van der Waals surface area contributed by atoms with Gasteiger partial charge in [-0.3, -0.25) is 4.79 Å². The molecule has 0 unspecified atom stereocenters.